The first kappa shape index (κ1) is 15.2. The highest BCUT2D eigenvalue weighted by molar-refractivity contribution is 5.18. The minimum absolute atomic E-state index is 0.0960. The summed E-state index contributed by atoms with van der Waals surface area (Å²) in [5.74, 6) is 0.464. The lowest BCUT2D eigenvalue weighted by molar-refractivity contribution is -0.0198. The summed E-state index contributed by atoms with van der Waals surface area (Å²) < 4.78 is 10.5. The van der Waals surface area contributed by atoms with E-state index in [1.165, 1.54) is 5.56 Å². The molecule has 1 aliphatic carbocycles. The Morgan fingerprint density at radius 3 is 2.25 bits per heavy atom. The Morgan fingerprint density at radius 1 is 0.950 bits per heavy atom. The van der Waals surface area contributed by atoms with E-state index in [0.29, 0.717) is 13.2 Å². The molecule has 2 rings (SSSR count). The van der Waals surface area contributed by atoms with E-state index in [1.807, 2.05) is 18.2 Å². The Hall–Kier alpha value is -1.16. The van der Waals surface area contributed by atoms with Crippen molar-refractivity contribution in [3.8, 4) is 0 Å². The molecular formula is C17H24O3. The van der Waals surface area contributed by atoms with Gasteiger partial charge in [-0.3, -0.25) is 0 Å². The molecule has 3 nitrogen and oxygen atoms in total. The van der Waals surface area contributed by atoms with Gasteiger partial charge in [-0.05, 0) is 12.0 Å². The molecule has 4 atom stereocenters. The predicted octanol–water partition coefficient (Wildman–Crippen LogP) is 2.30. The van der Waals surface area contributed by atoms with Gasteiger partial charge in [0.1, 0.15) is 0 Å². The van der Waals surface area contributed by atoms with Gasteiger partial charge in [0.05, 0.1) is 19.3 Å². The summed E-state index contributed by atoms with van der Waals surface area (Å²) in [4.78, 5) is 0. The maximum Gasteiger partial charge on any atom is 0.0662 e. The second kappa shape index (κ2) is 7.58. The number of ether oxygens (including phenoxy) is 2. The molecule has 0 radical (unpaired) electrons. The standard InChI is InChI=1S/C17H24O3/c1-19-11-15-9-8-14(17(18)16(15)12-20-2)10-13-6-4-3-5-7-13/h3-9,14-18H,10-12H2,1-2H3/t14-,15+,16-,17+/m0/s1. The van der Waals surface area contributed by atoms with Gasteiger partial charge in [0.25, 0.3) is 0 Å². The molecule has 1 aliphatic rings. The monoisotopic (exact) mass is 276 g/mol. The fourth-order valence-corrected chi connectivity index (χ4v) is 2.97. The van der Waals surface area contributed by atoms with Gasteiger partial charge in [0.15, 0.2) is 0 Å². The van der Waals surface area contributed by atoms with Crippen molar-refractivity contribution in [3.05, 3.63) is 48.0 Å². The fourth-order valence-electron chi connectivity index (χ4n) is 2.97. The van der Waals surface area contributed by atoms with Crippen molar-refractivity contribution in [1.82, 2.24) is 0 Å². The van der Waals surface area contributed by atoms with E-state index >= 15 is 0 Å². The average molecular weight is 276 g/mol. The summed E-state index contributed by atoms with van der Waals surface area (Å²) in [5, 5.41) is 10.6. The highest BCUT2D eigenvalue weighted by Gasteiger charge is 2.35. The van der Waals surface area contributed by atoms with Crippen LogP contribution in [0.5, 0.6) is 0 Å². The third kappa shape index (κ3) is 3.69. The Labute approximate surface area is 121 Å². The topological polar surface area (TPSA) is 38.7 Å². The molecule has 0 heterocycles. The number of hydrogen-bond donors (Lipinski definition) is 1. The highest BCUT2D eigenvalue weighted by atomic mass is 16.5. The summed E-state index contributed by atoms with van der Waals surface area (Å²) in [5.41, 5.74) is 1.25. The number of aliphatic hydroxyl groups is 1. The SMILES string of the molecule is COC[C@@H]1[C@H](O)[C@H](Cc2ccccc2)C=C[C@@H]1COC. The van der Waals surface area contributed by atoms with Crippen LogP contribution in [0.2, 0.25) is 0 Å². The molecule has 3 heteroatoms. The van der Waals surface area contributed by atoms with Crippen LogP contribution in [-0.4, -0.2) is 38.6 Å². The predicted molar refractivity (Wildman–Crippen MR) is 79.5 cm³/mol. The van der Waals surface area contributed by atoms with E-state index < -0.39 is 0 Å². The normalized spacial score (nSPS) is 29.6. The smallest absolute Gasteiger partial charge is 0.0662 e. The Balaban J connectivity index is 2.09. The minimum Gasteiger partial charge on any atom is -0.392 e. The molecule has 1 aromatic rings. The van der Waals surface area contributed by atoms with Crippen molar-refractivity contribution in [3.63, 3.8) is 0 Å². The molecule has 20 heavy (non-hydrogen) atoms. The van der Waals surface area contributed by atoms with Gasteiger partial charge >= 0.3 is 0 Å². The average Bonchev–Trinajstić information content (AvgIpc) is 2.47. The zero-order valence-corrected chi connectivity index (χ0v) is 12.2. The summed E-state index contributed by atoms with van der Waals surface area (Å²) >= 11 is 0. The number of rotatable bonds is 6. The van der Waals surface area contributed by atoms with E-state index in [2.05, 4.69) is 24.3 Å². The number of benzene rings is 1. The maximum atomic E-state index is 10.6. The van der Waals surface area contributed by atoms with Crippen LogP contribution in [0.15, 0.2) is 42.5 Å². The molecule has 0 unspecified atom stereocenters. The second-order valence-corrected chi connectivity index (χ2v) is 5.47. The number of methoxy groups -OCH3 is 2. The van der Waals surface area contributed by atoms with Crippen LogP contribution in [0.3, 0.4) is 0 Å². The highest BCUT2D eigenvalue weighted by Crippen LogP contribution is 2.31. The van der Waals surface area contributed by atoms with Crippen molar-refractivity contribution in [2.45, 2.75) is 12.5 Å². The molecule has 0 aliphatic heterocycles. The minimum atomic E-state index is -0.389. The van der Waals surface area contributed by atoms with Gasteiger partial charge in [0, 0.05) is 32.0 Å². The van der Waals surface area contributed by atoms with Crippen LogP contribution in [0.4, 0.5) is 0 Å². The van der Waals surface area contributed by atoms with Crippen LogP contribution < -0.4 is 0 Å². The van der Waals surface area contributed by atoms with Crippen molar-refractivity contribution >= 4 is 0 Å². The maximum absolute atomic E-state index is 10.6. The van der Waals surface area contributed by atoms with E-state index in [1.54, 1.807) is 14.2 Å². The molecule has 110 valence electrons. The van der Waals surface area contributed by atoms with Gasteiger partial charge in [-0.2, -0.15) is 0 Å². The zero-order chi connectivity index (χ0) is 14.4. The quantitative estimate of drug-likeness (QED) is 0.810. The Bertz CT molecular complexity index is 416. The summed E-state index contributed by atoms with van der Waals surface area (Å²) in [6.45, 7) is 1.18. The van der Waals surface area contributed by atoms with Gasteiger partial charge in [-0.1, -0.05) is 42.5 Å². The van der Waals surface area contributed by atoms with Crippen LogP contribution in [0.25, 0.3) is 0 Å². The third-order valence-corrected chi connectivity index (χ3v) is 4.07. The molecule has 0 spiro atoms. The van der Waals surface area contributed by atoms with Crippen LogP contribution in [0.1, 0.15) is 5.56 Å². The first-order valence-electron chi connectivity index (χ1n) is 7.14. The fraction of sp³-hybridized carbons (Fsp3) is 0.529. The largest absolute Gasteiger partial charge is 0.392 e. The van der Waals surface area contributed by atoms with Crippen molar-refractivity contribution in [2.75, 3.05) is 27.4 Å². The lowest BCUT2D eigenvalue weighted by atomic mass is 9.75. The van der Waals surface area contributed by atoms with E-state index in [4.69, 9.17) is 9.47 Å². The molecule has 1 N–H and O–H groups in total. The molecule has 0 saturated carbocycles. The number of aliphatic hydroxyl groups excluding tert-OH is 1. The van der Waals surface area contributed by atoms with E-state index in [-0.39, 0.29) is 23.9 Å². The molecular weight excluding hydrogens is 252 g/mol. The lowest BCUT2D eigenvalue weighted by Crippen LogP contribution is -2.41. The van der Waals surface area contributed by atoms with E-state index in [0.717, 1.165) is 6.42 Å². The van der Waals surface area contributed by atoms with Crippen LogP contribution in [0, 0.1) is 17.8 Å². The van der Waals surface area contributed by atoms with Crippen molar-refractivity contribution < 1.29 is 14.6 Å². The molecule has 0 fully saturated rings. The second-order valence-electron chi connectivity index (χ2n) is 5.47. The van der Waals surface area contributed by atoms with Crippen LogP contribution in [-0.2, 0) is 15.9 Å². The molecule has 1 aromatic carbocycles. The summed E-state index contributed by atoms with van der Waals surface area (Å²) in [7, 11) is 3.38. The lowest BCUT2D eigenvalue weighted by Gasteiger charge is -2.36. The zero-order valence-electron chi connectivity index (χ0n) is 12.2. The summed E-state index contributed by atoms with van der Waals surface area (Å²) in [6.07, 6.45) is 4.78. The van der Waals surface area contributed by atoms with Gasteiger partial charge < -0.3 is 14.6 Å². The first-order chi connectivity index (χ1) is 9.76. The van der Waals surface area contributed by atoms with Gasteiger partial charge in [0.2, 0.25) is 0 Å². The van der Waals surface area contributed by atoms with E-state index in [9.17, 15) is 5.11 Å². The Morgan fingerprint density at radius 2 is 1.60 bits per heavy atom. The first-order valence-corrected chi connectivity index (χ1v) is 7.14. The summed E-state index contributed by atoms with van der Waals surface area (Å²) in [6, 6.07) is 10.3. The third-order valence-electron chi connectivity index (χ3n) is 4.07. The molecule has 0 saturated heterocycles. The van der Waals surface area contributed by atoms with Crippen molar-refractivity contribution in [2.24, 2.45) is 17.8 Å². The molecule has 0 amide bonds. The van der Waals surface area contributed by atoms with Crippen molar-refractivity contribution in [1.29, 1.82) is 0 Å². The molecule has 0 bridgehead atoms. The number of hydrogen-bond acceptors (Lipinski definition) is 3. The Kier molecular flexibility index (Phi) is 5.77. The van der Waals surface area contributed by atoms with Gasteiger partial charge in [-0.25, -0.2) is 0 Å². The van der Waals surface area contributed by atoms with Gasteiger partial charge in [-0.15, -0.1) is 0 Å². The molecule has 0 aromatic heterocycles. The van der Waals surface area contributed by atoms with Crippen LogP contribution >= 0.6 is 0 Å².